The van der Waals surface area contributed by atoms with E-state index in [1.807, 2.05) is 32.6 Å². The first-order chi connectivity index (χ1) is 16.5. The second-order valence-electron chi connectivity index (χ2n) is 9.16. The van der Waals surface area contributed by atoms with Gasteiger partial charge in [-0.05, 0) is 34.2 Å². The van der Waals surface area contributed by atoms with Crippen LogP contribution in [0, 0.1) is 0 Å². The summed E-state index contributed by atoms with van der Waals surface area (Å²) in [6.07, 6.45) is 6.50. The lowest BCUT2D eigenvalue weighted by atomic mass is 10.3. The lowest BCUT2D eigenvalue weighted by molar-refractivity contribution is -0.135. The molecular weight excluding hydrogens is 448 g/mol. The molecule has 0 spiro atoms. The standard InChI is InChI=1S/C13H23N3O2.C12H19N3O2/c1-4-15-8-9-16(13(18)10-15)7-5-6-12(17)14-11(2)3;1-9(2)13-11(16)5-4-6-15-7-10(3)14-12(17)8-15/h5-6,11H,4,7-10H2,1-3H3,(H,14,17);4-5,9H,3,6-8H2,1-2H3,(H,13,16)(H,14,17)/b6-5+;5-4+. The molecule has 2 rings (SSSR count). The Balaban J connectivity index is 0.000000351. The van der Waals surface area contributed by atoms with Crippen LogP contribution in [-0.4, -0.2) is 103 Å². The van der Waals surface area contributed by atoms with Gasteiger partial charge < -0.3 is 20.9 Å². The molecule has 0 aromatic rings. The average molecular weight is 491 g/mol. The van der Waals surface area contributed by atoms with Gasteiger partial charge in [0.25, 0.3) is 0 Å². The van der Waals surface area contributed by atoms with E-state index in [-0.39, 0.29) is 35.7 Å². The molecule has 3 N–H and O–H groups in total. The molecule has 0 aromatic carbocycles. The number of amides is 4. The zero-order valence-corrected chi connectivity index (χ0v) is 21.8. The maximum absolute atomic E-state index is 11.8. The van der Waals surface area contributed by atoms with E-state index in [0.29, 0.717) is 38.4 Å². The van der Waals surface area contributed by atoms with E-state index in [2.05, 4.69) is 34.4 Å². The summed E-state index contributed by atoms with van der Waals surface area (Å²) in [4.78, 5) is 51.5. The molecule has 0 unspecified atom stereocenters. The van der Waals surface area contributed by atoms with E-state index < -0.39 is 0 Å². The largest absolute Gasteiger partial charge is 0.350 e. The number of nitrogens with one attached hydrogen (secondary N) is 3. The summed E-state index contributed by atoms with van der Waals surface area (Å²) >= 11 is 0. The molecule has 0 saturated carbocycles. The van der Waals surface area contributed by atoms with Crippen molar-refractivity contribution in [2.24, 2.45) is 0 Å². The fraction of sp³-hybridized carbons (Fsp3) is 0.600. The highest BCUT2D eigenvalue weighted by Gasteiger charge is 2.21. The summed E-state index contributed by atoms with van der Waals surface area (Å²) < 4.78 is 0. The zero-order chi connectivity index (χ0) is 26.4. The van der Waals surface area contributed by atoms with Crippen molar-refractivity contribution in [3.05, 3.63) is 36.6 Å². The third-order valence-corrected chi connectivity index (χ3v) is 5.03. The predicted molar refractivity (Wildman–Crippen MR) is 137 cm³/mol. The summed E-state index contributed by atoms with van der Waals surface area (Å²) in [5.74, 6) is -0.136. The van der Waals surface area contributed by atoms with Gasteiger partial charge in [-0.2, -0.15) is 0 Å². The minimum Gasteiger partial charge on any atom is -0.350 e. The van der Waals surface area contributed by atoms with E-state index in [1.54, 1.807) is 17.1 Å². The monoisotopic (exact) mass is 490 g/mol. The maximum atomic E-state index is 11.8. The normalized spacial score (nSPS) is 17.7. The smallest absolute Gasteiger partial charge is 0.243 e. The number of carbonyl (C=O) groups is 4. The lowest BCUT2D eigenvalue weighted by Crippen LogP contribution is -2.50. The van der Waals surface area contributed by atoms with Crippen molar-refractivity contribution in [3.63, 3.8) is 0 Å². The Hall–Kier alpha value is -2.98. The summed E-state index contributed by atoms with van der Waals surface area (Å²) in [5, 5.41) is 8.18. The van der Waals surface area contributed by atoms with E-state index in [4.69, 9.17) is 0 Å². The number of nitrogens with zero attached hydrogens (tertiary/aromatic N) is 3. The molecule has 2 aliphatic heterocycles. The van der Waals surface area contributed by atoms with E-state index in [1.165, 1.54) is 12.2 Å². The number of hydrogen-bond acceptors (Lipinski definition) is 6. The van der Waals surface area contributed by atoms with Crippen molar-refractivity contribution in [2.75, 3.05) is 52.4 Å². The molecule has 0 radical (unpaired) electrons. The molecule has 0 aliphatic carbocycles. The van der Waals surface area contributed by atoms with Gasteiger partial charge in [-0.25, -0.2) is 0 Å². The van der Waals surface area contributed by atoms with Gasteiger partial charge >= 0.3 is 0 Å². The Morgan fingerprint density at radius 3 is 1.97 bits per heavy atom. The summed E-state index contributed by atoms with van der Waals surface area (Å²) in [7, 11) is 0. The number of rotatable bonds is 9. The molecule has 10 heteroatoms. The van der Waals surface area contributed by atoms with Crippen LogP contribution in [0.2, 0.25) is 0 Å². The van der Waals surface area contributed by atoms with Gasteiger partial charge in [-0.1, -0.05) is 25.7 Å². The molecular formula is C25H42N6O4. The topological polar surface area (TPSA) is 114 Å². The van der Waals surface area contributed by atoms with Crippen LogP contribution >= 0.6 is 0 Å². The molecule has 35 heavy (non-hydrogen) atoms. The summed E-state index contributed by atoms with van der Waals surface area (Å²) in [6, 6.07) is 0.268. The summed E-state index contributed by atoms with van der Waals surface area (Å²) in [5.41, 5.74) is 0.696. The van der Waals surface area contributed by atoms with Crippen LogP contribution in [0.25, 0.3) is 0 Å². The summed E-state index contributed by atoms with van der Waals surface area (Å²) in [6.45, 7) is 18.5. The molecule has 2 fully saturated rings. The minimum atomic E-state index is -0.111. The molecule has 4 amide bonds. The molecule has 0 aromatic heterocycles. The predicted octanol–water partition coefficient (Wildman–Crippen LogP) is 0.244. The second kappa shape index (κ2) is 15.8. The first kappa shape index (κ1) is 30.1. The molecule has 2 aliphatic rings. The fourth-order valence-corrected chi connectivity index (χ4v) is 3.42. The molecule has 0 atom stereocenters. The lowest BCUT2D eigenvalue weighted by Gasteiger charge is -2.32. The third-order valence-electron chi connectivity index (χ3n) is 5.03. The molecule has 10 nitrogen and oxygen atoms in total. The number of likely N-dealkylation sites (N-methyl/N-ethyl adjacent to an activating group) is 1. The number of piperazine rings is 2. The molecule has 0 bridgehead atoms. The van der Waals surface area contributed by atoms with E-state index >= 15 is 0 Å². The van der Waals surface area contributed by atoms with Crippen LogP contribution in [0.3, 0.4) is 0 Å². The highest BCUT2D eigenvalue weighted by atomic mass is 16.2. The highest BCUT2D eigenvalue weighted by molar-refractivity contribution is 5.88. The van der Waals surface area contributed by atoms with Crippen molar-refractivity contribution in [1.29, 1.82) is 0 Å². The first-order valence-corrected chi connectivity index (χ1v) is 12.1. The number of hydrogen-bond donors (Lipinski definition) is 3. The van der Waals surface area contributed by atoms with Crippen LogP contribution in [-0.2, 0) is 19.2 Å². The van der Waals surface area contributed by atoms with Gasteiger partial charge in [0.1, 0.15) is 0 Å². The molecule has 196 valence electrons. The van der Waals surface area contributed by atoms with Crippen molar-refractivity contribution in [2.45, 2.75) is 46.7 Å². The van der Waals surface area contributed by atoms with Crippen LogP contribution in [0.1, 0.15) is 34.6 Å². The van der Waals surface area contributed by atoms with Crippen LogP contribution in [0.15, 0.2) is 36.6 Å². The fourth-order valence-electron chi connectivity index (χ4n) is 3.42. The van der Waals surface area contributed by atoms with Crippen molar-refractivity contribution in [1.82, 2.24) is 30.7 Å². The Morgan fingerprint density at radius 1 is 0.914 bits per heavy atom. The molecule has 2 heterocycles. The van der Waals surface area contributed by atoms with Crippen molar-refractivity contribution >= 4 is 23.6 Å². The Kier molecular flexibility index (Phi) is 13.6. The van der Waals surface area contributed by atoms with Crippen molar-refractivity contribution < 1.29 is 19.2 Å². The highest BCUT2D eigenvalue weighted by Crippen LogP contribution is 2.03. The second-order valence-corrected chi connectivity index (χ2v) is 9.16. The Bertz CT molecular complexity index is 790. The maximum Gasteiger partial charge on any atom is 0.243 e. The SMILES string of the molecule is C=C1CN(C/C=C/C(=O)NC(C)C)CC(=O)N1.CCN1CCN(C/C=C/C(=O)NC(C)C)C(=O)C1. The van der Waals surface area contributed by atoms with Crippen LogP contribution < -0.4 is 16.0 Å². The Morgan fingerprint density at radius 2 is 1.49 bits per heavy atom. The van der Waals surface area contributed by atoms with E-state index in [0.717, 1.165) is 19.6 Å². The zero-order valence-electron chi connectivity index (χ0n) is 21.8. The first-order valence-electron chi connectivity index (χ1n) is 12.1. The van der Waals surface area contributed by atoms with E-state index in [9.17, 15) is 19.2 Å². The quantitative estimate of drug-likeness (QED) is 0.399. The Labute approximate surface area is 209 Å². The van der Waals surface area contributed by atoms with Crippen LogP contribution in [0.4, 0.5) is 0 Å². The van der Waals surface area contributed by atoms with Gasteiger partial charge in [0.2, 0.25) is 23.6 Å². The minimum absolute atomic E-state index is 0.0544. The van der Waals surface area contributed by atoms with Gasteiger partial charge in [-0.15, -0.1) is 0 Å². The number of carbonyl (C=O) groups excluding carboxylic acids is 4. The van der Waals surface area contributed by atoms with Crippen molar-refractivity contribution in [3.8, 4) is 0 Å². The molecule has 2 saturated heterocycles. The van der Waals surface area contributed by atoms with Gasteiger partial charge in [0.05, 0.1) is 13.1 Å². The third kappa shape index (κ3) is 13.5. The van der Waals surface area contributed by atoms with Gasteiger partial charge in [-0.3, -0.25) is 29.0 Å². The van der Waals surface area contributed by atoms with Gasteiger partial charge in [0.15, 0.2) is 0 Å². The average Bonchev–Trinajstić information content (AvgIpc) is 2.73. The van der Waals surface area contributed by atoms with Crippen LogP contribution in [0.5, 0.6) is 0 Å². The van der Waals surface area contributed by atoms with Gasteiger partial charge in [0, 0.05) is 62.7 Å².